The highest BCUT2D eigenvalue weighted by Crippen LogP contribution is 2.18. The monoisotopic (exact) mass is 169 g/mol. The van der Waals surface area contributed by atoms with Crippen molar-refractivity contribution in [1.82, 2.24) is 5.32 Å². The van der Waals surface area contributed by atoms with Gasteiger partial charge in [-0.05, 0) is 19.3 Å². The number of piperidine rings is 1. The highest BCUT2D eigenvalue weighted by molar-refractivity contribution is 5.79. The average molecular weight is 169 g/mol. The van der Waals surface area contributed by atoms with Crippen molar-refractivity contribution in [3.05, 3.63) is 0 Å². The first-order valence-corrected chi connectivity index (χ1v) is 5.12. The van der Waals surface area contributed by atoms with Crippen molar-refractivity contribution in [2.24, 2.45) is 5.92 Å². The van der Waals surface area contributed by atoms with Crippen molar-refractivity contribution >= 4 is 5.91 Å². The van der Waals surface area contributed by atoms with Crippen molar-refractivity contribution in [1.29, 1.82) is 0 Å². The van der Waals surface area contributed by atoms with Crippen LogP contribution in [0.2, 0.25) is 0 Å². The molecule has 0 radical (unpaired) electrons. The van der Waals surface area contributed by atoms with E-state index in [4.69, 9.17) is 0 Å². The zero-order chi connectivity index (χ0) is 8.81. The molecule has 1 amide bonds. The second-order valence-electron chi connectivity index (χ2n) is 3.63. The minimum Gasteiger partial charge on any atom is -0.356 e. The summed E-state index contributed by atoms with van der Waals surface area (Å²) in [6.07, 6.45) is 7.10. The van der Waals surface area contributed by atoms with Gasteiger partial charge in [0.2, 0.25) is 5.91 Å². The van der Waals surface area contributed by atoms with Crippen molar-refractivity contribution in [2.45, 2.75) is 45.4 Å². The molecule has 1 atom stereocenters. The highest BCUT2D eigenvalue weighted by atomic mass is 16.1. The molecule has 1 aliphatic heterocycles. The predicted octanol–water partition coefficient (Wildman–Crippen LogP) is 2.09. The summed E-state index contributed by atoms with van der Waals surface area (Å²) >= 11 is 0. The van der Waals surface area contributed by atoms with Crippen LogP contribution < -0.4 is 5.32 Å². The third kappa shape index (κ3) is 2.84. The number of hydrogen-bond donors (Lipinski definition) is 1. The lowest BCUT2D eigenvalue weighted by atomic mass is 9.93. The van der Waals surface area contributed by atoms with E-state index in [-0.39, 0.29) is 5.91 Å². The maximum Gasteiger partial charge on any atom is 0.223 e. The van der Waals surface area contributed by atoms with E-state index in [0.717, 1.165) is 19.4 Å². The fourth-order valence-corrected chi connectivity index (χ4v) is 1.75. The number of amides is 1. The van der Waals surface area contributed by atoms with E-state index in [1.54, 1.807) is 0 Å². The van der Waals surface area contributed by atoms with Crippen molar-refractivity contribution < 1.29 is 4.79 Å². The molecule has 1 heterocycles. The molecule has 1 unspecified atom stereocenters. The fourth-order valence-electron chi connectivity index (χ4n) is 1.75. The van der Waals surface area contributed by atoms with Crippen LogP contribution in [-0.2, 0) is 4.79 Å². The van der Waals surface area contributed by atoms with Gasteiger partial charge in [-0.3, -0.25) is 4.79 Å². The number of hydrogen-bond acceptors (Lipinski definition) is 1. The van der Waals surface area contributed by atoms with Crippen molar-refractivity contribution in [3.8, 4) is 0 Å². The first-order chi connectivity index (χ1) is 5.84. The second-order valence-corrected chi connectivity index (χ2v) is 3.63. The smallest absolute Gasteiger partial charge is 0.223 e. The molecule has 70 valence electrons. The van der Waals surface area contributed by atoms with Crippen LogP contribution >= 0.6 is 0 Å². The molecule has 12 heavy (non-hydrogen) atoms. The van der Waals surface area contributed by atoms with E-state index in [2.05, 4.69) is 12.2 Å². The summed E-state index contributed by atoms with van der Waals surface area (Å²) in [5.74, 6) is 0.614. The Hall–Kier alpha value is -0.530. The molecule has 2 heteroatoms. The Bertz CT molecular complexity index is 145. The topological polar surface area (TPSA) is 29.1 Å². The molecular formula is C10H19NO. The van der Waals surface area contributed by atoms with Crippen LogP contribution in [0.15, 0.2) is 0 Å². The Kier molecular flexibility index (Phi) is 4.12. The summed E-state index contributed by atoms with van der Waals surface area (Å²) in [6, 6.07) is 0. The van der Waals surface area contributed by atoms with Crippen LogP contribution in [0, 0.1) is 5.92 Å². The van der Waals surface area contributed by atoms with Gasteiger partial charge in [0, 0.05) is 12.5 Å². The maximum absolute atomic E-state index is 11.3. The number of carbonyl (C=O) groups excluding carboxylic acids is 1. The molecule has 0 bridgehead atoms. The fraction of sp³-hybridized carbons (Fsp3) is 0.900. The molecule has 0 aliphatic carbocycles. The number of unbranched alkanes of at least 4 members (excludes halogenated alkanes) is 2. The van der Waals surface area contributed by atoms with E-state index in [0.29, 0.717) is 5.92 Å². The lowest BCUT2D eigenvalue weighted by molar-refractivity contribution is -0.126. The second kappa shape index (κ2) is 5.18. The number of carbonyl (C=O) groups is 1. The first kappa shape index (κ1) is 9.56. The first-order valence-electron chi connectivity index (χ1n) is 5.12. The van der Waals surface area contributed by atoms with Crippen LogP contribution in [0.4, 0.5) is 0 Å². The molecule has 1 saturated heterocycles. The average Bonchev–Trinajstić information content (AvgIpc) is 2.09. The van der Waals surface area contributed by atoms with Gasteiger partial charge in [-0.15, -0.1) is 0 Å². The largest absolute Gasteiger partial charge is 0.356 e. The van der Waals surface area contributed by atoms with E-state index in [1.807, 2.05) is 0 Å². The molecule has 1 aliphatic rings. The summed E-state index contributed by atoms with van der Waals surface area (Å²) in [4.78, 5) is 11.3. The SMILES string of the molecule is CCCCCC1CCCNC1=O. The van der Waals surface area contributed by atoms with Crippen LogP contribution in [0.5, 0.6) is 0 Å². The lowest BCUT2D eigenvalue weighted by Crippen LogP contribution is -2.36. The van der Waals surface area contributed by atoms with Gasteiger partial charge < -0.3 is 5.32 Å². The zero-order valence-electron chi connectivity index (χ0n) is 7.94. The van der Waals surface area contributed by atoms with Gasteiger partial charge in [0.05, 0.1) is 0 Å². The van der Waals surface area contributed by atoms with Gasteiger partial charge in [-0.2, -0.15) is 0 Å². The Labute approximate surface area is 74.7 Å². The van der Waals surface area contributed by atoms with E-state index in [1.165, 1.54) is 25.7 Å². The maximum atomic E-state index is 11.3. The predicted molar refractivity (Wildman–Crippen MR) is 49.9 cm³/mol. The minimum atomic E-state index is 0.289. The zero-order valence-corrected chi connectivity index (χ0v) is 7.94. The van der Waals surface area contributed by atoms with Crippen molar-refractivity contribution in [3.63, 3.8) is 0 Å². The number of nitrogens with one attached hydrogen (secondary N) is 1. The third-order valence-corrected chi connectivity index (χ3v) is 2.56. The van der Waals surface area contributed by atoms with Gasteiger partial charge in [0.1, 0.15) is 0 Å². The summed E-state index contributed by atoms with van der Waals surface area (Å²) < 4.78 is 0. The normalized spacial score (nSPS) is 23.8. The standard InChI is InChI=1S/C10H19NO/c1-2-3-4-6-9-7-5-8-11-10(9)12/h9H,2-8H2,1H3,(H,11,12). The molecule has 0 spiro atoms. The van der Waals surface area contributed by atoms with Crippen LogP contribution in [0.25, 0.3) is 0 Å². The summed E-state index contributed by atoms with van der Waals surface area (Å²) in [5, 5.41) is 2.92. The summed E-state index contributed by atoms with van der Waals surface area (Å²) in [7, 11) is 0. The van der Waals surface area contributed by atoms with E-state index < -0.39 is 0 Å². The van der Waals surface area contributed by atoms with Gasteiger partial charge in [-0.1, -0.05) is 26.2 Å². The van der Waals surface area contributed by atoms with Crippen LogP contribution in [0.3, 0.4) is 0 Å². The Morgan fingerprint density at radius 3 is 3.00 bits per heavy atom. The summed E-state index contributed by atoms with van der Waals surface area (Å²) in [5.41, 5.74) is 0. The Balaban J connectivity index is 2.16. The molecule has 2 nitrogen and oxygen atoms in total. The molecule has 0 saturated carbocycles. The van der Waals surface area contributed by atoms with Gasteiger partial charge in [-0.25, -0.2) is 0 Å². The number of rotatable bonds is 4. The molecule has 1 N–H and O–H groups in total. The molecule has 0 aromatic rings. The van der Waals surface area contributed by atoms with Gasteiger partial charge in [0.15, 0.2) is 0 Å². The molecule has 0 aromatic heterocycles. The van der Waals surface area contributed by atoms with E-state index in [9.17, 15) is 4.79 Å². The van der Waals surface area contributed by atoms with Crippen LogP contribution in [-0.4, -0.2) is 12.5 Å². The molecule has 0 aromatic carbocycles. The van der Waals surface area contributed by atoms with Crippen LogP contribution in [0.1, 0.15) is 45.4 Å². The third-order valence-electron chi connectivity index (χ3n) is 2.56. The quantitative estimate of drug-likeness (QED) is 0.641. The summed E-state index contributed by atoms with van der Waals surface area (Å²) in [6.45, 7) is 3.09. The lowest BCUT2D eigenvalue weighted by Gasteiger charge is -2.21. The molecule has 1 fully saturated rings. The van der Waals surface area contributed by atoms with Crippen molar-refractivity contribution in [2.75, 3.05) is 6.54 Å². The van der Waals surface area contributed by atoms with E-state index >= 15 is 0 Å². The van der Waals surface area contributed by atoms with Gasteiger partial charge >= 0.3 is 0 Å². The Morgan fingerprint density at radius 2 is 2.33 bits per heavy atom. The van der Waals surface area contributed by atoms with Gasteiger partial charge in [0.25, 0.3) is 0 Å². The molecule has 1 rings (SSSR count). The Morgan fingerprint density at radius 1 is 1.50 bits per heavy atom. The highest BCUT2D eigenvalue weighted by Gasteiger charge is 2.20. The minimum absolute atomic E-state index is 0.289. The molecular weight excluding hydrogens is 150 g/mol.